The van der Waals surface area contributed by atoms with Gasteiger partial charge in [0.25, 0.3) is 0 Å². The molecular formula is C8H12BrN2. The molecule has 0 aromatic carbocycles. The molecule has 0 bridgehead atoms. The number of aryl methyl sites for hydroxylation is 1. The van der Waals surface area contributed by atoms with Crippen LogP contribution in [-0.4, -0.2) is 9.78 Å². The Kier molecular flexibility index (Phi) is 3.12. The molecule has 61 valence electrons. The van der Waals surface area contributed by atoms with Gasteiger partial charge in [-0.25, -0.2) is 0 Å². The Morgan fingerprint density at radius 2 is 2.27 bits per heavy atom. The zero-order valence-corrected chi connectivity index (χ0v) is 8.48. The van der Waals surface area contributed by atoms with Gasteiger partial charge in [-0.3, -0.25) is 4.68 Å². The minimum atomic E-state index is 0.928. The average molecular weight is 216 g/mol. The summed E-state index contributed by atoms with van der Waals surface area (Å²) in [6, 6.07) is 0. The molecule has 0 amide bonds. The lowest BCUT2D eigenvalue weighted by molar-refractivity contribution is 0.614. The standard InChI is InChI=1S/C8H12BrN2/c1-3-5-8-7(9)6-10-11(8)4-2/h3-5H2,1-2H3. The highest BCUT2D eigenvalue weighted by molar-refractivity contribution is 9.10. The molecule has 0 fully saturated rings. The van der Waals surface area contributed by atoms with Crippen LogP contribution in [0.1, 0.15) is 26.0 Å². The van der Waals surface area contributed by atoms with E-state index in [1.165, 1.54) is 5.69 Å². The van der Waals surface area contributed by atoms with E-state index in [1.807, 2.05) is 4.68 Å². The van der Waals surface area contributed by atoms with Crippen molar-refractivity contribution in [1.29, 1.82) is 0 Å². The summed E-state index contributed by atoms with van der Waals surface area (Å²) in [4.78, 5) is 0. The first-order valence-corrected chi connectivity index (χ1v) is 4.71. The van der Waals surface area contributed by atoms with E-state index >= 15 is 0 Å². The van der Waals surface area contributed by atoms with Gasteiger partial charge in [-0.2, -0.15) is 5.10 Å². The number of nitrogens with zero attached hydrogens (tertiary/aromatic N) is 2. The van der Waals surface area contributed by atoms with Crippen LogP contribution >= 0.6 is 15.9 Å². The van der Waals surface area contributed by atoms with Crippen LogP contribution in [0.2, 0.25) is 0 Å². The summed E-state index contributed by atoms with van der Waals surface area (Å²) in [5.41, 5.74) is 1.26. The minimum Gasteiger partial charge on any atom is -0.268 e. The molecule has 0 aliphatic heterocycles. The monoisotopic (exact) mass is 215 g/mol. The maximum Gasteiger partial charge on any atom is 0.128 e. The minimum absolute atomic E-state index is 0.928. The summed E-state index contributed by atoms with van der Waals surface area (Å²) in [6.07, 6.45) is 5.13. The Balaban J connectivity index is 2.88. The van der Waals surface area contributed by atoms with E-state index in [2.05, 4.69) is 41.1 Å². The van der Waals surface area contributed by atoms with Gasteiger partial charge in [0.2, 0.25) is 0 Å². The molecule has 1 radical (unpaired) electrons. The maximum absolute atomic E-state index is 4.10. The molecule has 0 aliphatic carbocycles. The second kappa shape index (κ2) is 3.90. The van der Waals surface area contributed by atoms with Crippen LogP contribution in [0.25, 0.3) is 0 Å². The lowest BCUT2D eigenvalue weighted by Crippen LogP contribution is -2.02. The van der Waals surface area contributed by atoms with Gasteiger partial charge in [-0.15, -0.1) is 0 Å². The zero-order valence-electron chi connectivity index (χ0n) is 6.89. The Bertz CT molecular complexity index is 230. The molecule has 2 nitrogen and oxygen atoms in total. The van der Waals surface area contributed by atoms with E-state index in [4.69, 9.17) is 0 Å². The highest BCUT2D eigenvalue weighted by Gasteiger charge is 2.05. The smallest absolute Gasteiger partial charge is 0.128 e. The number of hydrogen-bond acceptors (Lipinski definition) is 1. The summed E-state index contributed by atoms with van der Waals surface area (Å²) in [5, 5.41) is 4.10. The van der Waals surface area contributed by atoms with Crippen molar-refractivity contribution >= 4 is 15.9 Å². The van der Waals surface area contributed by atoms with Gasteiger partial charge >= 0.3 is 0 Å². The molecular weight excluding hydrogens is 204 g/mol. The molecule has 1 aromatic heterocycles. The summed E-state index contributed by atoms with van der Waals surface area (Å²) in [6.45, 7) is 5.18. The van der Waals surface area contributed by atoms with Crippen LogP contribution in [-0.2, 0) is 13.0 Å². The number of aromatic nitrogens is 2. The van der Waals surface area contributed by atoms with Gasteiger partial charge in [0.1, 0.15) is 6.20 Å². The highest BCUT2D eigenvalue weighted by Crippen LogP contribution is 2.16. The summed E-state index contributed by atoms with van der Waals surface area (Å²) < 4.78 is 2.99. The fourth-order valence-electron chi connectivity index (χ4n) is 1.08. The maximum atomic E-state index is 4.10. The van der Waals surface area contributed by atoms with E-state index in [1.54, 1.807) is 0 Å². The molecule has 0 spiro atoms. The number of hydrogen-bond donors (Lipinski definition) is 0. The fourth-order valence-corrected chi connectivity index (χ4v) is 1.56. The lowest BCUT2D eigenvalue weighted by Gasteiger charge is -2.02. The molecule has 1 heterocycles. The molecule has 0 N–H and O–H groups in total. The molecule has 0 saturated carbocycles. The van der Waals surface area contributed by atoms with Crippen LogP contribution < -0.4 is 0 Å². The second-order valence-corrected chi connectivity index (χ2v) is 3.23. The molecule has 1 rings (SSSR count). The highest BCUT2D eigenvalue weighted by atomic mass is 79.9. The number of rotatable bonds is 3. The van der Waals surface area contributed by atoms with Crippen molar-refractivity contribution in [2.45, 2.75) is 33.2 Å². The summed E-state index contributed by atoms with van der Waals surface area (Å²) in [5.74, 6) is 0. The SMILES string of the molecule is CCCc1c(Br)[c]nn1CC. The van der Waals surface area contributed by atoms with Crippen molar-refractivity contribution in [2.75, 3.05) is 0 Å². The summed E-state index contributed by atoms with van der Waals surface area (Å²) in [7, 11) is 0. The van der Waals surface area contributed by atoms with Crippen LogP contribution in [0, 0.1) is 6.20 Å². The summed E-state index contributed by atoms with van der Waals surface area (Å²) >= 11 is 3.42. The number of halogens is 1. The second-order valence-electron chi connectivity index (χ2n) is 2.44. The van der Waals surface area contributed by atoms with Crippen molar-refractivity contribution in [3.05, 3.63) is 16.4 Å². The van der Waals surface area contributed by atoms with E-state index in [-0.39, 0.29) is 0 Å². The van der Waals surface area contributed by atoms with Crippen molar-refractivity contribution in [2.24, 2.45) is 0 Å². The fraction of sp³-hybridized carbons (Fsp3) is 0.625. The third-order valence-corrected chi connectivity index (χ3v) is 2.26. The molecule has 0 unspecified atom stereocenters. The molecule has 3 heteroatoms. The van der Waals surface area contributed by atoms with Crippen molar-refractivity contribution in [3.63, 3.8) is 0 Å². The van der Waals surface area contributed by atoms with Gasteiger partial charge in [0, 0.05) is 6.54 Å². The van der Waals surface area contributed by atoms with Crippen LogP contribution in [0.5, 0.6) is 0 Å². The molecule has 0 saturated heterocycles. The van der Waals surface area contributed by atoms with E-state index < -0.39 is 0 Å². The third-order valence-electron chi connectivity index (χ3n) is 1.62. The molecule has 1 aromatic rings. The van der Waals surface area contributed by atoms with Crippen LogP contribution in [0.3, 0.4) is 0 Å². The van der Waals surface area contributed by atoms with Crippen LogP contribution in [0.15, 0.2) is 4.47 Å². The normalized spacial score (nSPS) is 10.5. The van der Waals surface area contributed by atoms with E-state index in [0.717, 1.165) is 23.9 Å². The van der Waals surface area contributed by atoms with E-state index in [0.29, 0.717) is 0 Å². The van der Waals surface area contributed by atoms with Crippen LogP contribution in [0.4, 0.5) is 0 Å². The van der Waals surface area contributed by atoms with Gasteiger partial charge in [0.15, 0.2) is 0 Å². The van der Waals surface area contributed by atoms with Crippen molar-refractivity contribution in [3.8, 4) is 0 Å². The van der Waals surface area contributed by atoms with Crippen molar-refractivity contribution in [1.82, 2.24) is 9.78 Å². The Hall–Kier alpha value is -0.310. The predicted octanol–water partition coefficient (Wildman–Crippen LogP) is 2.42. The van der Waals surface area contributed by atoms with Gasteiger partial charge in [0.05, 0.1) is 10.2 Å². The van der Waals surface area contributed by atoms with E-state index in [9.17, 15) is 0 Å². The quantitative estimate of drug-likeness (QED) is 0.758. The Morgan fingerprint density at radius 1 is 1.55 bits per heavy atom. The van der Waals surface area contributed by atoms with Gasteiger partial charge in [-0.05, 0) is 29.3 Å². The topological polar surface area (TPSA) is 17.8 Å². The molecule has 11 heavy (non-hydrogen) atoms. The zero-order chi connectivity index (χ0) is 8.27. The Morgan fingerprint density at radius 3 is 2.82 bits per heavy atom. The van der Waals surface area contributed by atoms with Crippen molar-refractivity contribution < 1.29 is 0 Å². The average Bonchev–Trinajstić information content (AvgIpc) is 2.34. The first-order valence-electron chi connectivity index (χ1n) is 3.92. The molecule has 0 atom stereocenters. The largest absolute Gasteiger partial charge is 0.268 e. The van der Waals surface area contributed by atoms with Gasteiger partial charge < -0.3 is 0 Å². The Labute approximate surface area is 75.7 Å². The third kappa shape index (κ3) is 1.83. The lowest BCUT2D eigenvalue weighted by atomic mass is 10.2. The van der Waals surface area contributed by atoms with Gasteiger partial charge in [-0.1, -0.05) is 13.3 Å². The first kappa shape index (κ1) is 8.78. The molecule has 0 aliphatic rings. The first-order chi connectivity index (χ1) is 5.29. The predicted molar refractivity (Wildman–Crippen MR) is 48.4 cm³/mol.